The van der Waals surface area contributed by atoms with Gasteiger partial charge in [0.15, 0.2) is 0 Å². The lowest BCUT2D eigenvalue weighted by Gasteiger charge is -2.21. The van der Waals surface area contributed by atoms with Crippen molar-refractivity contribution in [2.45, 2.75) is 38.5 Å². The molecule has 0 atom stereocenters. The summed E-state index contributed by atoms with van der Waals surface area (Å²) in [5, 5.41) is 10.9. The number of hydrogen-bond acceptors (Lipinski definition) is 0. The van der Waals surface area contributed by atoms with Gasteiger partial charge >= 0.3 is 0 Å². The maximum Gasteiger partial charge on any atom is 0.0626 e. The Hall–Kier alpha value is -5.86. The van der Waals surface area contributed by atoms with Crippen molar-refractivity contribution in [1.82, 2.24) is 8.80 Å². The third-order valence-electron chi connectivity index (χ3n) is 13.1. The van der Waals surface area contributed by atoms with Crippen LogP contribution >= 0.6 is 0 Å². The average molecular weight is 637 g/mol. The minimum Gasteiger partial charge on any atom is -0.308 e. The molecule has 11 aromatic rings. The highest BCUT2D eigenvalue weighted by Gasteiger charge is 2.40. The van der Waals surface area contributed by atoms with Crippen LogP contribution < -0.4 is 0 Å². The maximum absolute atomic E-state index is 2.59. The van der Waals surface area contributed by atoms with E-state index in [1.165, 1.54) is 121 Å². The van der Waals surface area contributed by atoms with Gasteiger partial charge in [0.1, 0.15) is 0 Å². The zero-order chi connectivity index (χ0) is 33.0. The normalized spacial score (nSPS) is 15.9. The van der Waals surface area contributed by atoms with Crippen LogP contribution in [0.3, 0.4) is 0 Å². The largest absolute Gasteiger partial charge is 0.308 e. The van der Waals surface area contributed by atoms with E-state index in [2.05, 4.69) is 158 Å². The fourth-order valence-corrected chi connectivity index (χ4v) is 11.0. The van der Waals surface area contributed by atoms with Crippen molar-refractivity contribution in [2.24, 2.45) is 0 Å². The van der Waals surface area contributed by atoms with E-state index in [9.17, 15) is 0 Å². The summed E-state index contributed by atoms with van der Waals surface area (Å²) in [7, 11) is 0. The van der Waals surface area contributed by atoms with Crippen molar-refractivity contribution in [3.05, 3.63) is 144 Å². The maximum atomic E-state index is 2.59. The van der Waals surface area contributed by atoms with Crippen molar-refractivity contribution in [2.75, 3.05) is 0 Å². The summed E-state index contributed by atoms with van der Waals surface area (Å²) in [6.07, 6.45) is 0. The van der Waals surface area contributed by atoms with E-state index in [1.54, 1.807) is 0 Å². The summed E-state index contributed by atoms with van der Waals surface area (Å²) in [5.41, 5.74) is 19.0. The Balaban J connectivity index is 1.33. The fourth-order valence-electron chi connectivity index (χ4n) is 11.0. The van der Waals surface area contributed by atoms with Gasteiger partial charge in [-0.05, 0) is 80.9 Å². The van der Waals surface area contributed by atoms with Gasteiger partial charge < -0.3 is 8.80 Å². The highest BCUT2D eigenvalue weighted by atomic mass is 14.9. The van der Waals surface area contributed by atoms with Crippen LogP contribution in [0.1, 0.15) is 49.9 Å². The smallest absolute Gasteiger partial charge is 0.0626 e. The molecule has 234 valence electrons. The van der Waals surface area contributed by atoms with Gasteiger partial charge in [-0.1, -0.05) is 113 Å². The number of hydrogen-bond donors (Lipinski definition) is 0. The number of aromatic nitrogens is 2. The second kappa shape index (κ2) is 7.95. The minimum atomic E-state index is -0.0842. The lowest BCUT2D eigenvalue weighted by atomic mass is 9.81. The van der Waals surface area contributed by atoms with E-state index >= 15 is 0 Å². The lowest BCUT2D eigenvalue weighted by molar-refractivity contribution is 0.661. The highest BCUT2D eigenvalue weighted by molar-refractivity contribution is 6.33. The first-order valence-corrected chi connectivity index (χ1v) is 18.0. The fraction of sp³-hybridized carbons (Fsp3) is 0.125. The number of benzene rings is 7. The molecule has 0 fully saturated rings. The molecule has 0 amide bonds. The molecule has 50 heavy (non-hydrogen) atoms. The molecule has 0 radical (unpaired) electrons. The summed E-state index contributed by atoms with van der Waals surface area (Å²) in [5.74, 6) is 0. The Morgan fingerprint density at radius 3 is 1.22 bits per heavy atom. The molecule has 0 unspecified atom stereocenters. The van der Waals surface area contributed by atoms with Crippen LogP contribution in [-0.4, -0.2) is 8.80 Å². The highest BCUT2D eigenvalue weighted by Crippen LogP contribution is 2.58. The minimum absolute atomic E-state index is 0.0842. The van der Waals surface area contributed by atoms with Gasteiger partial charge in [0.2, 0.25) is 0 Å². The van der Waals surface area contributed by atoms with Crippen molar-refractivity contribution < 1.29 is 0 Å². The molecule has 2 aliphatic carbocycles. The first-order valence-electron chi connectivity index (χ1n) is 18.0. The van der Waals surface area contributed by atoms with Gasteiger partial charge in [-0.15, -0.1) is 0 Å². The van der Waals surface area contributed by atoms with Crippen molar-refractivity contribution >= 4 is 76.2 Å². The molecule has 0 aliphatic heterocycles. The molecule has 2 aliphatic rings. The van der Waals surface area contributed by atoms with Crippen molar-refractivity contribution in [3.63, 3.8) is 0 Å². The first kappa shape index (κ1) is 26.1. The summed E-state index contributed by atoms with van der Waals surface area (Å²) in [4.78, 5) is 0. The number of fused-ring (bicyclic) bond motifs is 20. The molecule has 7 aromatic carbocycles. The summed E-state index contributed by atoms with van der Waals surface area (Å²) in [6, 6.07) is 46.5. The van der Waals surface area contributed by atoms with Gasteiger partial charge in [0, 0.05) is 53.9 Å². The molecule has 2 nitrogen and oxygen atoms in total. The summed E-state index contributed by atoms with van der Waals surface area (Å²) in [6.45, 7) is 9.64. The van der Waals surface area contributed by atoms with E-state index in [0.29, 0.717) is 0 Å². The molecule has 0 spiro atoms. The second-order valence-corrected chi connectivity index (χ2v) is 16.1. The SMILES string of the molecule is CC1(C)c2ccccc2-c2c1cc1c3ccccc3n3c4cc5c6c7c(cc8c9ccccc9n(c5cc4c2c13)c86)C(C)(C)c1ccccc1-7. The molecule has 13 rings (SSSR count). The standard InChI is InChI=1S/C48H32N2/c1-47(2)33-17-9-5-15-27(33)41-35(47)21-29-25-13-7-11-19-37(25)49-39-24-32-40(23-31(39)43(41)45(29)49)50-38-20-12-8-14-26(38)30-22-36-42(44(32)46(30)50)28-16-6-10-18-34(28)48(36,3)4/h5-24H,1-4H3. The Labute approximate surface area is 288 Å². The number of rotatable bonds is 0. The first-order chi connectivity index (χ1) is 24.4. The van der Waals surface area contributed by atoms with Gasteiger partial charge in [-0.3, -0.25) is 0 Å². The molecule has 0 saturated carbocycles. The van der Waals surface area contributed by atoms with E-state index in [-0.39, 0.29) is 10.8 Å². The third-order valence-corrected chi connectivity index (χ3v) is 13.1. The van der Waals surface area contributed by atoms with Crippen LogP contribution in [-0.2, 0) is 10.8 Å². The second-order valence-electron chi connectivity index (χ2n) is 16.1. The van der Waals surface area contributed by atoms with Gasteiger partial charge in [-0.25, -0.2) is 0 Å². The molecule has 4 heterocycles. The Bertz CT molecular complexity index is 3140. The molecule has 4 aromatic heterocycles. The topological polar surface area (TPSA) is 8.82 Å². The van der Waals surface area contributed by atoms with Crippen LogP contribution in [0.15, 0.2) is 121 Å². The number of para-hydroxylation sites is 2. The van der Waals surface area contributed by atoms with Gasteiger partial charge in [0.25, 0.3) is 0 Å². The van der Waals surface area contributed by atoms with Crippen LogP contribution in [0.4, 0.5) is 0 Å². The van der Waals surface area contributed by atoms with Crippen LogP contribution in [0, 0.1) is 0 Å². The zero-order valence-corrected chi connectivity index (χ0v) is 28.4. The lowest BCUT2D eigenvalue weighted by Crippen LogP contribution is -2.14. The van der Waals surface area contributed by atoms with Gasteiger partial charge in [-0.2, -0.15) is 0 Å². The molecular formula is C48H32N2. The van der Waals surface area contributed by atoms with Gasteiger partial charge in [0.05, 0.1) is 33.1 Å². The average Bonchev–Trinajstić information content (AvgIpc) is 3.93. The van der Waals surface area contributed by atoms with Crippen LogP contribution in [0.2, 0.25) is 0 Å². The van der Waals surface area contributed by atoms with Crippen molar-refractivity contribution in [3.8, 4) is 22.3 Å². The summed E-state index contributed by atoms with van der Waals surface area (Å²) >= 11 is 0. The molecule has 0 N–H and O–H groups in total. The Morgan fingerprint density at radius 1 is 0.360 bits per heavy atom. The summed E-state index contributed by atoms with van der Waals surface area (Å²) < 4.78 is 5.18. The molecule has 2 heteroatoms. The van der Waals surface area contributed by atoms with Crippen LogP contribution in [0.5, 0.6) is 0 Å². The molecule has 0 saturated heterocycles. The number of nitrogens with zero attached hydrogens (tertiary/aromatic N) is 2. The Morgan fingerprint density at radius 2 is 0.760 bits per heavy atom. The predicted octanol–water partition coefficient (Wildman–Crippen LogP) is 12.6. The van der Waals surface area contributed by atoms with E-state index in [0.717, 1.165) is 0 Å². The quantitative estimate of drug-likeness (QED) is 0.157. The van der Waals surface area contributed by atoms with E-state index in [1.807, 2.05) is 0 Å². The van der Waals surface area contributed by atoms with E-state index < -0.39 is 0 Å². The Kier molecular flexibility index (Phi) is 4.15. The zero-order valence-electron chi connectivity index (χ0n) is 28.4. The molecule has 0 bridgehead atoms. The third kappa shape index (κ3) is 2.58. The van der Waals surface area contributed by atoms with E-state index in [4.69, 9.17) is 0 Å². The van der Waals surface area contributed by atoms with Crippen LogP contribution in [0.25, 0.3) is 98.4 Å². The molecular weight excluding hydrogens is 605 g/mol. The van der Waals surface area contributed by atoms with Crippen molar-refractivity contribution in [1.29, 1.82) is 0 Å². The predicted molar refractivity (Wildman–Crippen MR) is 211 cm³/mol. The monoisotopic (exact) mass is 636 g/mol.